The van der Waals surface area contributed by atoms with Gasteiger partial charge in [-0.25, -0.2) is 0 Å². The molecule has 0 amide bonds. The summed E-state index contributed by atoms with van der Waals surface area (Å²) in [5.41, 5.74) is 7.60. The topological polar surface area (TPSA) is 114 Å². The van der Waals surface area contributed by atoms with Crippen molar-refractivity contribution in [1.29, 1.82) is 0 Å². The van der Waals surface area contributed by atoms with E-state index in [1.165, 1.54) is 5.69 Å². The van der Waals surface area contributed by atoms with Crippen molar-refractivity contribution < 1.29 is 0 Å². The Morgan fingerprint density at radius 1 is 0.622 bits per heavy atom. The van der Waals surface area contributed by atoms with Crippen LogP contribution in [-0.2, 0) is 0 Å². The van der Waals surface area contributed by atoms with Gasteiger partial charge in [-0.3, -0.25) is 4.99 Å². The van der Waals surface area contributed by atoms with E-state index in [4.69, 9.17) is 0 Å². The van der Waals surface area contributed by atoms with Gasteiger partial charge in [0.1, 0.15) is 0 Å². The summed E-state index contributed by atoms with van der Waals surface area (Å²) in [5.74, 6) is 0. The van der Waals surface area contributed by atoms with Crippen LogP contribution in [0.5, 0.6) is 0 Å². The zero-order valence-electron chi connectivity index (χ0n) is 26.4. The van der Waals surface area contributed by atoms with Gasteiger partial charge in [-0.15, -0.1) is 0 Å². The zero-order valence-corrected chi connectivity index (χ0v) is 26.4. The Balaban J connectivity index is 1.10. The number of allylic oxidation sites excluding steroid dienone is 2. The summed E-state index contributed by atoms with van der Waals surface area (Å²) in [6.07, 6.45) is 15.9. The highest BCUT2D eigenvalue weighted by atomic mass is 15.2. The number of hydrogen-bond acceptors (Lipinski definition) is 10. The Bertz CT molecular complexity index is 1620. The predicted octanol–water partition coefficient (Wildman–Crippen LogP) is 10.5. The summed E-state index contributed by atoms with van der Waals surface area (Å²) >= 11 is 0. The zero-order chi connectivity index (χ0) is 31.4. The lowest BCUT2D eigenvalue weighted by atomic mass is 10.00. The molecule has 2 aromatic rings. The number of nitrogens with zero attached hydrogens (tertiary/aromatic N) is 10. The maximum atomic E-state index is 4.61. The summed E-state index contributed by atoms with van der Waals surface area (Å²) in [6.45, 7) is 10.4. The Morgan fingerprint density at radius 2 is 1.13 bits per heavy atom. The second-order valence-corrected chi connectivity index (χ2v) is 11.1. The van der Waals surface area contributed by atoms with Crippen LogP contribution in [0.3, 0.4) is 0 Å². The number of aliphatic imine (C=N–C) groups is 1. The molecule has 2 aliphatic carbocycles. The van der Waals surface area contributed by atoms with Crippen molar-refractivity contribution >= 4 is 29.0 Å². The summed E-state index contributed by atoms with van der Waals surface area (Å²) in [6, 6.07) is 15.8. The van der Waals surface area contributed by atoms with E-state index in [1.807, 2.05) is 73.0 Å². The van der Waals surface area contributed by atoms with Crippen LogP contribution in [0, 0.1) is 0 Å². The molecule has 0 saturated heterocycles. The van der Waals surface area contributed by atoms with Crippen LogP contribution in [0.4, 0.5) is 22.7 Å². The Labute approximate surface area is 265 Å². The molecule has 0 spiro atoms. The molecule has 3 aliphatic rings. The average molecular weight is 601 g/mol. The van der Waals surface area contributed by atoms with E-state index < -0.39 is 0 Å². The van der Waals surface area contributed by atoms with Crippen molar-refractivity contribution in [3.63, 3.8) is 0 Å². The molecule has 10 heteroatoms. The van der Waals surface area contributed by atoms with E-state index in [0.717, 1.165) is 72.0 Å². The molecule has 3 atom stereocenters. The van der Waals surface area contributed by atoms with E-state index in [-0.39, 0.29) is 18.1 Å². The molecule has 2 aromatic carbocycles. The Morgan fingerprint density at radius 3 is 1.67 bits per heavy atom. The van der Waals surface area contributed by atoms with Crippen molar-refractivity contribution in [1.82, 2.24) is 0 Å². The fraction of sp³-hybridized carbons (Fsp3) is 0.343. The number of benzene rings is 2. The van der Waals surface area contributed by atoms with E-state index in [9.17, 15) is 0 Å². The number of anilines is 1. The van der Waals surface area contributed by atoms with Gasteiger partial charge in [0, 0.05) is 37.6 Å². The van der Waals surface area contributed by atoms with Crippen molar-refractivity contribution in [3.05, 3.63) is 108 Å². The van der Waals surface area contributed by atoms with Crippen molar-refractivity contribution in [2.75, 3.05) is 18.0 Å². The standard InChI is InChI=1S/C35H40N10/c1-5-45(6-2)33-15-11-29(12-16-33)38-41-31-13-17-35(25(3)23-31)44-42-32-14-18-34(26(4)24-32)43-40-28-9-7-27(8-10-28)37-39-30-19-21-36-22-20-30/h7-19,21-22,30-32H,5-6,20,23-24H2,1-4H3. The molecule has 0 fully saturated rings. The maximum absolute atomic E-state index is 4.61. The molecule has 0 radical (unpaired) electrons. The van der Waals surface area contributed by atoms with Crippen molar-refractivity contribution in [2.45, 2.75) is 65.1 Å². The van der Waals surface area contributed by atoms with E-state index in [1.54, 1.807) is 6.20 Å². The van der Waals surface area contributed by atoms with E-state index in [2.05, 4.69) is 90.6 Å². The lowest BCUT2D eigenvalue weighted by molar-refractivity contribution is 0.712. The predicted molar refractivity (Wildman–Crippen MR) is 181 cm³/mol. The summed E-state index contributed by atoms with van der Waals surface area (Å²) in [5, 5.41) is 35.8. The third kappa shape index (κ3) is 9.01. The van der Waals surface area contributed by atoms with Crippen LogP contribution < -0.4 is 4.90 Å². The quantitative estimate of drug-likeness (QED) is 0.235. The first kappa shape index (κ1) is 31.4. The van der Waals surface area contributed by atoms with Crippen LogP contribution in [0.2, 0.25) is 0 Å². The van der Waals surface area contributed by atoms with Crippen LogP contribution in [-0.4, -0.2) is 37.4 Å². The average Bonchev–Trinajstić information content (AvgIpc) is 3.07. The smallest absolute Gasteiger partial charge is 0.0960 e. The second kappa shape index (κ2) is 15.7. The van der Waals surface area contributed by atoms with Crippen LogP contribution in [0.15, 0.2) is 154 Å². The third-order valence-electron chi connectivity index (χ3n) is 7.76. The molecule has 1 aliphatic heterocycles. The Hall–Kier alpha value is -4.99. The van der Waals surface area contributed by atoms with E-state index in [0.29, 0.717) is 0 Å². The van der Waals surface area contributed by atoms with Crippen LogP contribution >= 0.6 is 0 Å². The number of azo groups is 4. The molecule has 3 unspecified atom stereocenters. The molecular weight excluding hydrogens is 560 g/mol. The fourth-order valence-corrected chi connectivity index (χ4v) is 5.04. The highest BCUT2D eigenvalue weighted by Gasteiger charge is 2.16. The van der Waals surface area contributed by atoms with Gasteiger partial charge >= 0.3 is 0 Å². The SMILES string of the molecule is CCN(CC)c1ccc(N=NC2C=CC(N=NC3C=CC(N=Nc4ccc(N=NC5C=CN=CC5)cc4)=C(C)C3)=C(C)C2)cc1. The monoisotopic (exact) mass is 600 g/mol. The van der Waals surface area contributed by atoms with Crippen LogP contribution in [0.1, 0.15) is 47.0 Å². The summed E-state index contributed by atoms with van der Waals surface area (Å²) in [7, 11) is 0. The highest BCUT2D eigenvalue weighted by molar-refractivity contribution is 5.61. The molecule has 230 valence electrons. The minimum atomic E-state index is -0.0377. The first-order valence-corrected chi connectivity index (χ1v) is 15.5. The normalized spacial score (nSPS) is 21.9. The summed E-state index contributed by atoms with van der Waals surface area (Å²) < 4.78 is 0. The Kier molecular flexibility index (Phi) is 10.9. The lowest BCUT2D eigenvalue weighted by Crippen LogP contribution is -2.21. The van der Waals surface area contributed by atoms with Gasteiger partial charge in [-0.2, -0.15) is 40.9 Å². The fourth-order valence-electron chi connectivity index (χ4n) is 5.04. The maximum Gasteiger partial charge on any atom is 0.0960 e. The second-order valence-electron chi connectivity index (χ2n) is 11.1. The van der Waals surface area contributed by atoms with Gasteiger partial charge in [-0.1, -0.05) is 12.2 Å². The molecule has 10 nitrogen and oxygen atoms in total. The highest BCUT2D eigenvalue weighted by Crippen LogP contribution is 2.28. The first-order valence-electron chi connectivity index (χ1n) is 15.5. The van der Waals surface area contributed by atoms with Gasteiger partial charge in [0.25, 0.3) is 0 Å². The molecule has 0 N–H and O–H groups in total. The van der Waals surface area contributed by atoms with E-state index >= 15 is 0 Å². The summed E-state index contributed by atoms with van der Waals surface area (Å²) in [4.78, 5) is 6.37. The number of rotatable bonds is 11. The molecular formula is C35H40N10. The molecule has 0 aromatic heterocycles. The van der Waals surface area contributed by atoms with Gasteiger partial charge in [0.2, 0.25) is 0 Å². The third-order valence-corrected chi connectivity index (χ3v) is 7.76. The lowest BCUT2D eigenvalue weighted by Gasteiger charge is -2.20. The van der Waals surface area contributed by atoms with Gasteiger partial charge in [0.15, 0.2) is 0 Å². The number of hydrogen-bond donors (Lipinski definition) is 0. The first-order chi connectivity index (χ1) is 22.0. The van der Waals surface area contributed by atoms with Crippen LogP contribution in [0.25, 0.3) is 0 Å². The van der Waals surface area contributed by atoms with Gasteiger partial charge in [-0.05, 0) is 118 Å². The van der Waals surface area contributed by atoms with Crippen molar-refractivity contribution in [3.8, 4) is 0 Å². The minimum Gasteiger partial charge on any atom is -0.372 e. The molecule has 1 heterocycles. The largest absolute Gasteiger partial charge is 0.372 e. The minimum absolute atomic E-state index is 0.00548. The molecule has 45 heavy (non-hydrogen) atoms. The van der Waals surface area contributed by atoms with Gasteiger partial charge < -0.3 is 4.90 Å². The van der Waals surface area contributed by atoms with Crippen molar-refractivity contribution in [2.24, 2.45) is 45.9 Å². The molecule has 0 saturated carbocycles. The van der Waals surface area contributed by atoms with Gasteiger partial charge in [0.05, 0.1) is 46.6 Å². The molecule has 5 rings (SSSR count). The molecule has 0 bridgehead atoms.